The number of nitrogens with two attached hydrogens (primary N) is 1. The van der Waals surface area contributed by atoms with Crippen LogP contribution in [0, 0.1) is 5.92 Å². The SMILES string of the molecule is COC(=O)CC1CC(S(N)(=O)=O)C1. The van der Waals surface area contributed by atoms with E-state index in [4.69, 9.17) is 5.14 Å². The van der Waals surface area contributed by atoms with Gasteiger partial charge in [-0.05, 0) is 18.8 Å². The summed E-state index contributed by atoms with van der Waals surface area (Å²) in [5.41, 5.74) is 0. The molecule has 0 aromatic rings. The average Bonchev–Trinajstić information content (AvgIpc) is 1.92. The second kappa shape index (κ2) is 3.63. The van der Waals surface area contributed by atoms with Crippen LogP contribution in [-0.2, 0) is 19.6 Å². The zero-order chi connectivity index (χ0) is 10.1. The Bertz CT molecular complexity index is 292. The van der Waals surface area contributed by atoms with Gasteiger partial charge in [-0.2, -0.15) is 0 Å². The third-order valence-corrected chi connectivity index (χ3v) is 3.65. The normalized spacial score (nSPS) is 27.8. The Morgan fingerprint density at radius 2 is 2.08 bits per heavy atom. The number of carbonyl (C=O) groups is 1. The summed E-state index contributed by atoms with van der Waals surface area (Å²) in [6.07, 6.45) is 1.25. The van der Waals surface area contributed by atoms with Gasteiger partial charge >= 0.3 is 5.97 Å². The molecule has 0 heterocycles. The zero-order valence-electron chi connectivity index (χ0n) is 7.39. The molecule has 0 aromatic heterocycles. The van der Waals surface area contributed by atoms with Crippen molar-refractivity contribution in [2.75, 3.05) is 7.11 Å². The summed E-state index contributed by atoms with van der Waals surface area (Å²) >= 11 is 0. The van der Waals surface area contributed by atoms with E-state index >= 15 is 0 Å². The van der Waals surface area contributed by atoms with Gasteiger partial charge in [-0.15, -0.1) is 0 Å². The number of methoxy groups -OCH3 is 1. The summed E-state index contributed by atoms with van der Waals surface area (Å²) < 4.78 is 26.0. The maximum Gasteiger partial charge on any atom is 0.305 e. The maximum atomic E-state index is 10.8. The first-order valence-electron chi connectivity index (χ1n) is 4.02. The molecule has 2 N–H and O–H groups in total. The van der Waals surface area contributed by atoms with Gasteiger partial charge in [0.15, 0.2) is 0 Å². The number of hydrogen-bond donors (Lipinski definition) is 1. The van der Waals surface area contributed by atoms with Crippen LogP contribution in [0.4, 0.5) is 0 Å². The van der Waals surface area contributed by atoms with Crippen molar-refractivity contribution in [1.82, 2.24) is 0 Å². The van der Waals surface area contributed by atoms with E-state index in [0.717, 1.165) is 0 Å². The molecule has 0 aromatic carbocycles. The van der Waals surface area contributed by atoms with Crippen LogP contribution in [0.3, 0.4) is 0 Å². The number of carbonyl (C=O) groups excluding carboxylic acids is 1. The molecule has 1 aliphatic carbocycles. The van der Waals surface area contributed by atoms with Crippen molar-refractivity contribution in [2.45, 2.75) is 24.5 Å². The van der Waals surface area contributed by atoms with Crippen LogP contribution in [0.1, 0.15) is 19.3 Å². The van der Waals surface area contributed by atoms with Gasteiger partial charge in [0, 0.05) is 6.42 Å². The lowest BCUT2D eigenvalue weighted by atomic mass is 9.82. The van der Waals surface area contributed by atoms with Crippen molar-refractivity contribution in [2.24, 2.45) is 11.1 Å². The van der Waals surface area contributed by atoms with E-state index in [0.29, 0.717) is 19.3 Å². The summed E-state index contributed by atoms with van der Waals surface area (Å²) in [5.74, 6) is -0.173. The van der Waals surface area contributed by atoms with Gasteiger partial charge < -0.3 is 4.74 Å². The predicted octanol–water partition coefficient (Wildman–Crippen LogP) is -0.383. The molecule has 0 spiro atoms. The number of esters is 1. The van der Waals surface area contributed by atoms with E-state index in [-0.39, 0.29) is 11.9 Å². The molecule has 5 nitrogen and oxygen atoms in total. The number of hydrogen-bond acceptors (Lipinski definition) is 4. The molecular formula is C7H13NO4S. The van der Waals surface area contributed by atoms with Crippen LogP contribution >= 0.6 is 0 Å². The molecule has 0 bridgehead atoms. The van der Waals surface area contributed by atoms with Crippen molar-refractivity contribution in [3.63, 3.8) is 0 Å². The summed E-state index contributed by atoms with van der Waals surface area (Å²) in [6, 6.07) is 0. The molecule has 1 fully saturated rings. The van der Waals surface area contributed by atoms with Gasteiger partial charge in [0.25, 0.3) is 0 Å². The molecule has 0 amide bonds. The van der Waals surface area contributed by atoms with Crippen LogP contribution in [0.5, 0.6) is 0 Å². The first-order valence-corrected chi connectivity index (χ1v) is 5.63. The van der Waals surface area contributed by atoms with Crippen LogP contribution in [0.25, 0.3) is 0 Å². The average molecular weight is 207 g/mol. The standard InChI is InChI=1S/C7H13NO4S/c1-12-7(9)4-5-2-6(3-5)13(8,10)11/h5-6H,2-4H2,1H3,(H2,8,10,11). The summed E-state index contributed by atoms with van der Waals surface area (Å²) in [7, 11) is -2.08. The first kappa shape index (κ1) is 10.5. The van der Waals surface area contributed by atoms with Crippen molar-refractivity contribution >= 4 is 16.0 Å². The van der Waals surface area contributed by atoms with Gasteiger partial charge in [-0.25, -0.2) is 13.6 Å². The predicted molar refractivity (Wildman–Crippen MR) is 46.3 cm³/mol. The molecular weight excluding hydrogens is 194 g/mol. The minimum absolute atomic E-state index is 0.121. The fourth-order valence-corrected chi connectivity index (χ4v) is 2.51. The highest BCUT2D eigenvalue weighted by Gasteiger charge is 2.37. The molecule has 1 aliphatic rings. The second-order valence-electron chi connectivity index (χ2n) is 3.33. The van der Waals surface area contributed by atoms with Gasteiger partial charge in [0.2, 0.25) is 10.0 Å². The van der Waals surface area contributed by atoms with E-state index in [1.807, 2.05) is 0 Å². The lowest BCUT2D eigenvalue weighted by Gasteiger charge is -2.32. The minimum Gasteiger partial charge on any atom is -0.469 e. The summed E-state index contributed by atoms with van der Waals surface area (Å²) in [5, 5.41) is 4.47. The van der Waals surface area contributed by atoms with E-state index in [2.05, 4.69) is 4.74 Å². The minimum atomic E-state index is -3.39. The Kier molecular flexibility index (Phi) is 2.92. The highest BCUT2D eigenvalue weighted by Crippen LogP contribution is 2.34. The molecule has 0 radical (unpaired) electrons. The first-order chi connectivity index (χ1) is 5.93. The van der Waals surface area contributed by atoms with Crippen LogP contribution < -0.4 is 5.14 Å². The summed E-state index contributed by atoms with van der Waals surface area (Å²) in [6.45, 7) is 0. The molecule has 13 heavy (non-hydrogen) atoms. The fourth-order valence-electron chi connectivity index (χ4n) is 1.43. The van der Waals surface area contributed by atoms with Crippen molar-refractivity contribution in [3.05, 3.63) is 0 Å². The quantitative estimate of drug-likeness (QED) is 0.639. The van der Waals surface area contributed by atoms with Crippen molar-refractivity contribution in [3.8, 4) is 0 Å². The Hall–Kier alpha value is -0.620. The Balaban J connectivity index is 2.31. The maximum absolute atomic E-state index is 10.8. The van der Waals surface area contributed by atoms with E-state index < -0.39 is 15.3 Å². The molecule has 1 saturated carbocycles. The summed E-state index contributed by atoms with van der Waals surface area (Å²) in [4.78, 5) is 10.8. The Labute approximate surface area is 77.3 Å². The number of primary sulfonamides is 1. The topological polar surface area (TPSA) is 86.5 Å². The number of ether oxygens (including phenoxy) is 1. The Morgan fingerprint density at radius 1 is 1.54 bits per heavy atom. The fraction of sp³-hybridized carbons (Fsp3) is 0.857. The highest BCUT2D eigenvalue weighted by atomic mass is 32.2. The van der Waals surface area contributed by atoms with Gasteiger partial charge in [0.05, 0.1) is 12.4 Å². The Morgan fingerprint density at radius 3 is 2.46 bits per heavy atom. The molecule has 76 valence electrons. The van der Waals surface area contributed by atoms with Gasteiger partial charge in [0.1, 0.15) is 0 Å². The smallest absolute Gasteiger partial charge is 0.305 e. The van der Waals surface area contributed by atoms with Crippen LogP contribution in [0.2, 0.25) is 0 Å². The molecule has 0 unspecified atom stereocenters. The van der Waals surface area contributed by atoms with Crippen LogP contribution in [0.15, 0.2) is 0 Å². The lowest BCUT2D eigenvalue weighted by molar-refractivity contribution is -0.142. The van der Waals surface area contributed by atoms with Crippen molar-refractivity contribution in [1.29, 1.82) is 0 Å². The van der Waals surface area contributed by atoms with E-state index in [1.165, 1.54) is 7.11 Å². The molecule has 0 aliphatic heterocycles. The highest BCUT2D eigenvalue weighted by molar-refractivity contribution is 7.89. The molecule has 0 saturated heterocycles. The second-order valence-corrected chi connectivity index (χ2v) is 5.17. The molecule has 6 heteroatoms. The largest absolute Gasteiger partial charge is 0.469 e. The third-order valence-electron chi connectivity index (χ3n) is 2.34. The number of sulfonamides is 1. The molecule has 1 rings (SSSR count). The van der Waals surface area contributed by atoms with Gasteiger partial charge in [-0.1, -0.05) is 0 Å². The third kappa shape index (κ3) is 2.67. The van der Waals surface area contributed by atoms with Gasteiger partial charge in [-0.3, -0.25) is 4.79 Å². The zero-order valence-corrected chi connectivity index (χ0v) is 8.21. The van der Waals surface area contributed by atoms with Crippen LogP contribution in [-0.4, -0.2) is 26.7 Å². The number of rotatable bonds is 3. The van der Waals surface area contributed by atoms with Crippen molar-refractivity contribution < 1.29 is 17.9 Å². The lowest BCUT2D eigenvalue weighted by Crippen LogP contribution is -2.40. The monoisotopic (exact) mass is 207 g/mol. The van der Waals surface area contributed by atoms with E-state index in [1.54, 1.807) is 0 Å². The van der Waals surface area contributed by atoms with E-state index in [9.17, 15) is 13.2 Å². The molecule has 0 atom stereocenters.